The maximum Gasteiger partial charge on any atom is 0.191 e. The predicted molar refractivity (Wildman–Crippen MR) is 110 cm³/mol. The molecule has 0 saturated heterocycles. The van der Waals surface area contributed by atoms with Gasteiger partial charge < -0.3 is 15.4 Å². The van der Waals surface area contributed by atoms with Gasteiger partial charge in [-0.25, -0.2) is 0 Å². The van der Waals surface area contributed by atoms with E-state index in [0.29, 0.717) is 6.54 Å². The number of benzene rings is 1. The fourth-order valence-electron chi connectivity index (χ4n) is 2.81. The van der Waals surface area contributed by atoms with Crippen LogP contribution in [-0.4, -0.2) is 31.1 Å². The van der Waals surface area contributed by atoms with Crippen LogP contribution in [-0.2, 0) is 13.0 Å². The molecule has 5 heteroatoms. The number of nitrogens with one attached hydrogen (secondary N) is 2. The van der Waals surface area contributed by atoms with Crippen LogP contribution in [0.25, 0.3) is 0 Å². The van der Waals surface area contributed by atoms with Gasteiger partial charge in [0.05, 0.1) is 6.61 Å². The van der Waals surface area contributed by atoms with E-state index in [1.54, 1.807) is 7.05 Å². The van der Waals surface area contributed by atoms with E-state index < -0.39 is 0 Å². The Bertz CT molecular complexity index is 766. The average Bonchev–Trinajstić information content (AvgIpc) is 3.50. The Hall–Kier alpha value is -2.56. The standard InChI is InChI=1S/C22H30N4O/c1-16-4-9-20(21(12-16)27-15-19-7-8-19)14-26-22(23-3)24-11-10-18-6-5-17(2)25-13-18/h4-6,9,12-13,19H,7-8,10-11,14-15H2,1-3H3,(H2,23,24,26). The summed E-state index contributed by atoms with van der Waals surface area (Å²) in [6, 6.07) is 10.6. The van der Waals surface area contributed by atoms with Gasteiger partial charge in [-0.15, -0.1) is 0 Å². The molecule has 144 valence electrons. The van der Waals surface area contributed by atoms with Gasteiger partial charge in [0, 0.05) is 37.6 Å². The number of aromatic nitrogens is 1. The normalized spacial score (nSPS) is 14.1. The number of rotatable bonds is 8. The molecule has 0 bridgehead atoms. The molecule has 1 heterocycles. The van der Waals surface area contributed by atoms with Crippen molar-refractivity contribution >= 4 is 5.96 Å². The largest absolute Gasteiger partial charge is 0.493 e. The SMILES string of the molecule is CN=C(NCCc1ccc(C)nc1)NCc1ccc(C)cc1OCC1CC1. The maximum atomic E-state index is 6.05. The van der Waals surface area contributed by atoms with Gasteiger partial charge in [-0.3, -0.25) is 9.98 Å². The van der Waals surface area contributed by atoms with E-state index in [-0.39, 0.29) is 0 Å². The number of pyridine rings is 1. The summed E-state index contributed by atoms with van der Waals surface area (Å²) in [4.78, 5) is 8.65. The summed E-state index contributed by atoms with van der Waals surface area (Å²) in [6.07, 6.45) is 5.44. The summed E-state index contributed by atoms with van der Waals surface area (Å²) in [7, 11) is 1.79. The van der Waals surface area contributed by atoms with Crippen LogP contribution in [0.1, 0.15) is 35.2 Å². The van der Waals surface area contributed by atoms with Crippen molar-refractivity contribution in [3.63, 3.8) is 0 Å². The van der Waals surface area contributed by atoms with Crippen LogP contribution >= 0.6 is 0 Å². The van der Waals surface area contributed by atoms with E-state index in [1.807, 2.05) is 19.2 Å². The number of hydrogen-bond acceptors (Lipinski definition) is 3. The van der Waals surface area contributed by atoms with Gasteiger partial charge in [-0.2, -0.15) is 0 Å². The van der Waals surface area contributed by atoms with E-state index in [9.17, 15) is 0 Å². The Kier molecular flexibility index (Phi) is 6.69. The highest BCUT2D eigenvalue weighted by atomic mass is 16.5. The fourth-order valence-corrected chi connectivity index (χ4v) is 2.81. The zero-order chi connectivity index (χ0) is 19.1. The quantitative estimate of drug-likeness (QED) is 0.555. The lowest BCUT2D eigenvalue weighted by atomic mass is 10.1. The number of aliphatic imine (C=N–C) groups is 1. The number of aryl methyl sites for hydroxylation is 2. The van der Waals surface area contributed by atoms with Gasteiger partial charge >= 0.3 is 0 Å². The lowest BCUT2D eigenvalue weighted by Crippen LogP contribution is -2.38. The third kappa shape index (κ3) is 6.27. The highest BCUT2D eigenvalue weighted by Crippen LogP contribution is 2.30. The second-order valence-electron chi connectivity index (χ2n) is 7.28. The van der Waals surface area contributed by atoms with Gasteiger partial charge in [0.2, 0.25) is 0 Å². The molecule has 0 radical (unpaired) electrons. The lowest BCUT2D eigenvalue weighted by Gasteiger charge is -2.15. The Labute approximate surface area is 162 Å². The molecule has 1 aliphatic carbocycles. The van der Waals surface area contributed by atoms with Crippen LogP contribution in [0.2, 0.25) is 0 Å². The first-order chi connectivity index (χ1) is 13.1. The first kappa shape index (κ1) is 19.2. The molecule has 1 aromatic heterocycles. The van der Waals surface area contributed by atoms with Gasteiger partial charge in [0.15, 0.2) is 5.96 Å². The van der Waals surface area contributed by atoms with Crippen molar-refractivity contribution in [2.75, 3.05) is 20.2 Å². The minimum Gasteiger partial charge on any atom is -0.493 e. The molecule has 2 aromatic rings. The third-order valence-corrected chi connectivity index (χ3v) is 4.74. The molecular formula is C22H30N4O. The van der Waals surface area contributed by atoms with Crippen LogP contribution < -0.4 is 15.4 Å². The highest BCUT2D eigenvalue weighted by molar-refractivity contribution is 5.79. The average molecular weight is 367 g/mol. The molecule has 27 heavy (non-hydrogen) atoms. The Morgan fingerprint density at radius 3 is 2.74 bits per heavy atom. The zero-order valence-electron chi connectivity index (χ0n) is 16.6. The maximum absolute atomic E-state index is 6.05. The fraction of sp³-hybridized carbons (Fsp3) is 0.455. The Morgan fingerprint density at radius 2 is 2.04 bits per heavy atom. The van der Waals surface area contributed by atoms with Gasteiger partial charge in [0.25, 0.3) is 0 Å². The van der Waals surface area contributed by atoms with Crippen LogP contribution in [0.3, 0.4) is 0 Å². The molecule has 1 aromatic carbocycles. The van der Waals surface area contributed by atoms with E-state index in [2.05, 4.69) is 51.8 Å². The summed E-state index contributed by atoms with van der Waals surface area (Å²) in [6.45, 7) is 6.42. The first-order valence-electron chi connectivity index (χ1n) is 9.72. The molecule has 1 fully saturated rings. The summed E-state index contributed by atoms with van der Waals surface area (Å²) in [5.41, 5.74) is 4.64. The lowest BCUT2D eigenvalue weighted by molar-refractivity contribution is 0.296. The molecule has 1 saturated carbocycles. The van der Waals surface area contributed by atoms with Crippen molar-refractivity contribution in [2.45, 2.75) is 39.7 Å². The minimum atomic E-state index is 0.687. The Morgan fingerprint density at radius 1 is 1.19 bits per heavy atom. The minimum absolute atomic E-state index is 0.687. The smallest absolute Gasteiger partial charge is 0.191 e. The zero-order valence-corrected chi connectivity index (χ0v) is 16.6. The van der Waals surface area contributed by atoms with Crippen LogP contribution in [0.4, 0.5) is 0 Å². The molecule has 3 rings (SSSR count). The second-order valence-corrected chi connectivity index (χ2v) is 7.28. The monoisotopic (exact) mass is 366 g/mol. The molecule has 0 unspecified atom stereocenters. The van der Waals surface area contributed by atoms with Crippen molar-refractivity contribution < 1.29 is 4.74 Å². The molecule has 1 aliphatic rings. The van der Waals surface area contributed by atoms with Crippen molar-refractivity contribution in [3.8, 4) is 5.75 Å². The summed E-state index contributed by atoms with van der Waals surface area (Å²) in [5, 5.41) is 6.75. The van der Waals surface area contributed by atoms with Gasteiger partial charge in [0.1, 0.15) is 5.75 Å². The molecule has 0 atom stereocenters. The summed E-state index contributed by atoms with van der Waals surface area (Å²) in [5.74, 6) is 2.52. The van der Waals surface area contributed by atoms with E-state index in [1.165, 1.54) is 24.0 Å². The van der Waals surface area contributed by atoms with Crippen molar-refractivity contribution in [1.29, 1.82) is 0 Å². The first-order valence-corrected chi connectivity index (χ1v) is 9.72. The number of hydrogen-bond donors (Lipinski definition) is 2. The molecule has 0 amide bonds. The number of ether oxygens (including phenoxy) is 1. The molecule has 2 N–H and O–H groups in total. The van der Waals surface area contributed by atoms with Crippen molar-refractivity contribution in [2.24, 2.45) is 10.9 Å². The van der Waals surface area contributed by atoms with Gasteiger partial charge in [-0.1, -0.05) is 18.2 Å². The van der Waals surface area contributed by atoms with Crippen LogP contribution in [0.15, 0.2) is 41.5 Å². The van der Waals surface area contributed by atoms with Gasteiger partial charge in [-0.05, 0) is 62.3 Å². The van der Waals surface area contributed by atoms with Crippen molar-refractivity contribution in [1.82, 2.24) is 15.6 Å². The number of guanidine groups is 1. The predicted octanol–water partition coefficient (Wildman–Crippen LogP) is 3.39. The molecule has 0 spiro atoms. The topological polar surface area (TPSA) is 58.5 Å². The van der Waals surface area contributed by atoms with E-state index in [0.717, 1.165) is 48.5 Å². The highest BCUT2D eigenvalue weighted by Gasteiger charge is 2.22. The Balaban J connectivity index is 1.49. The second kappa shape index (κ2) is 9.40. The van der Waals surface area contributed by atoms with Crippen LogP contribution in [0, 0.1) is 19.8 Å². The molecule has 0 aliphatic heterocycles. The number of nitrogens with zero attached hydrogens (tertiary/aromatic N) is 2. The van der Waals surface area contributed by atoms with Crippen molar-refractivity contribution in [3.05, 3.63) is 58.9 Å². The summed E-state index contributed by atoms with van der Waals surface area (Å²) < 4.78 is 6.05. The molecule has 5 nitrogen and oxygen atoms in total. The van der Waals surface area contributed by atoms with Crippen LogP contribution in [0.5, 0.6) is 5.75 Å². The molecular weight excluding hydrogens is 336 g/mol. The third-order valence-electron chi connectivity index (χ3n) is 4.74. The summed E-state index contributed by atoms with van der Waals surface area (Å²) >= 11 is 0. The van der Waals surface area contributed by atoms with E-state index in [4.69, 9.17) is 4.74 Å². The van der Waals surface area contributed by atoms with E-state index >= 15 is 0 Å².